The molecule has 0 aromatic heterocycles. The van der Waals surface area contributed by atoms with Crippen LogP contribution in [0.5, 0.6) is 0 Å². The summed E-state index contributed by atoms with van der Waals surface area (Å²) in [6.07, 6.45) is 2.06. The molecule has 3 N–H and O–H groups in total. The summed E-state index contributed by atoms with van der Waals surface area (Å²) in [6, 6.07) is 4.39. The summed E-state index contributed by atoms with van der Waals surface area (Å²) in [7, 11) is -3.91. The Morgan fingerprint density at radius 2 is 2.05 bits per heavy atom. The monoisotopic (exact) mass is 312 g/mol. The first-order valence-electron chi connectivity index (χ1n) is 6.87. The molecule has 1 aromatic carbocycles. The molecule has 0 heterocycles. The van der Waals surface area contributed by atoms with Crippen molar-refractivity contribution in [3.05, 3.63) is 23.8 Å². The summed E-state index contributed by atoms with van der Waals surface area (Å²) in [4.78, 5) is 13.4. The lowest BCUT2D eigenvalue weighted by atomic mass is 10.1. The van der Waals surface area contributed by atoms with Gasteiger partial charge in [-0.25, -0.2) is 18.4 Å². The molecule has 1 aliphatic rings. The van der Waals surface area contributed by atoms with Crippen LogP contribution in [0, 0.1) is 5.92 Å². The van der Waals surface area contributed by atoms with E-state index in [4.69, 9.17) is 5.14 Å². The zero-order chi connectivity index (χ0) is 15.8. The van der Waals surface area contributed by atoms with Gasteiger partial charge >= 0.3 is 5.97 Å². The van der Waals surface area contributed by atoms with Gasteiger partial charge in [0.05, 0.1) is 16.1 Å². The van der Waals surface area contributed by atoms with E-state index in [9.17, 15) is 18.3 Å². The Bertz CT molecular complexity index is 651. The molecule has 2 rings (SSSR count). The average molecular weight is 312 g/mol. The van der Waals surface area contributed by atoms with Gasteiger partial charge in [-0.1, -0.05) is 13.8 Å². The van der Waals surface area contributed by atoms with Gasteiger partial charge in [0.15, 0.2) is 0 Å². The van der Waals surface area contributed by atoms with Crippen LogP contribution in [0.3, 0.4) is 0 Å². The summed E-state index contributed by atoms with van der Waals surface area (Å²) < 4.78 is 22.8. The topological polar surface area (TPSA) is 101 Å². The normalized spacial score (nSPS) is 15.2. The quantitative estimate of drug-likeness (QED) is 0.832. The number of hydrogen-bond acceptors (Lipinski definition) is 4. The minimum absolute atomic E-state index is 0.0194. The van der Waals surface area contributed by atoms with Crippen molar-refractivity contribution in [1.82, 2.24) is 0 Å². The molecule has 0 amide bonds. The van der Waals surface area contributed by atoms with E-state index in [1.807, 2.05) is 0 Å². The second kappa shape index (κ2) is 5.65. The van der Waals surface area contributed by atoms with E-state index in [-0.39, 0.29) is 10.5 Å². The molecule has 0 radical (unpaired) electrons. The molecule has 116 valence electrons. The molecule has 21 heavy (non-hydrogen) atoms. The van der Waals surface area contributed by atoms with Crippen molar-refractivity contribution >= 4 is 21.7 Å². The number of carboxylic acids is 1. The molecule has 0 bridgehead atoms. The van der Waals surface area contributed by atoms with E-state index in [1.165, 1.54) is 6.07 Å². The Morgan fingerprint density at radius 3 is 2.48 bits per heavy atom. The second-order valence-electron chi connectivity index (χ2n) is 5.81. The van der Waals surface area contributed by atoms with Crippen molar-refractivity contribution in [1.29, 1.82) is 0 Å². The predicted molar refractivity (Wildman–Crippen MR) is 80.0 cm³/mol. The number of rotatable bonds is 6. The van der Waals surface area contributed by atoms with E-state index in [1.54, 1.807) is 6.07 Å². The van der Waals surface area contributed by atoms with Gasteiger partial charge in [-0.3, -0.25) is 0 Å². The molecule has 0 spiro atoms. The molecule has 7 heteroatoms. The van der Waals surface area contributed by atoms with E-state index < -0.39 is 16.0 Å². The Balaban J connectivity index is 2.49. The van der Waals surface area contributed by atoms with Crippen molar-refractivity contribution in [2.24, 2.45) is 11.1 Å². The maximum atomic E-state index is 11.5. The van der Waals surface area contributed by atoms with E-state index in [0.29, 0.717) is 17.6 Å². The molecule has 1 aliphatic carbocycles. The van der Waals surface area contributed by atoms with Crippen LogP contribution in [0.4, 0.5) is 5.69 Å². The molecule has 0 atom stereocenters. The van der Waals surface area contributed by atoms with Gasteiger partial charge in [0.1, 0.15) is 0 Å². The number of aromatic carboxylic acids is 1. The molecular formula is C14H20N2O4S. The molecule has 1 saturated carbocycles. The highest BCUT2D eigenvalue weighted by molar-refractivity contribution is 7.89. The van der Waals surface area contributed by atoms with Crippen LogP contribution in [0.15, 0.2) is 23.1 Å². The number of sulfonamides is 1. The first-order chi connectivity index (χ1) is 9.70. The second-order valence-corrected chi connectivity index (χ2v) is 7.37. The fourth-order valence-electron chi connectivity index (χ4n) is 2.34. The fraction of sp³-hybridized carbons (Fsp3) is 0.500. The average Bonchev–Trinajstić information content (AvgIpc) is 3.18. The van der Waals surface area contributed by atoms with Gasteiger partial charge in [0.2, 0.25) is 10.0 Å². The number of primary sulfonamides is 1. The zero-order valence-corrected chi connectivity index (χ0v) is 12.9. The molecular weight excluding hydrogens is 292 g/mol. The van der Waals surface area contributed by atoms with Gasteiger partial charge in [0.25, 0.3) is 0 Å². The van der Waals surface area contributed by atoms with E-state index in [2.05, 4.69) is 18.7 Å². The zero-order valence-electron chi connectivity index (χ0n) is 12.1. The van der Waals surface area contributed by atoms with Crippen molar-refractivity contribution in [3.63, 3.8) is 0 Å². The summed E-state index contributed by atoms with van der Waals surface area (Å²) in [5, 5.41) is 14.4. The smallest absolute Gasteiger partial charge is 0.337 e. The number of nitrogens with two attached hydrogens (primary N) is 1. The summed E-state index contributed by atoms with van der Waals surface area (Å²) in [6.45, 7) is 4.86. The number of anilines is 1. The molecule has 0 saturated heterocycles. The highest BCUT2D eigenvalue weighted by atomic mass is 32.2. The summed E-state index contributed by atoms with van der Waals surface area (Å²) in [5.74, 6) is -0.768. The minimum atomic E-state index is -3.91. The largest absolute Gasteiger partial charge is 0.478 e. The lowest BCUT2D eigenvalue weighted by molar-refractivity contribution is 0.0697. The lowest BCUT2D eigenvalue weighted by Crippen LogP contribution is -2.31. The summed E-state index contributed by atoms with van der Waals surface area (Å²) in [5.41, 5.74) is 0.542. The minimum Gasteiger partial charge on any atom is -0.478 e. The number of benzene rings is 1. The SMILES string of the molecule is CC(C)CN(c1ccc(S(N)(=O)=O)cc1C(=O)O)C1CC1. The number of carbonyl (C=O) groups is 1. The van der Waals surface area contributed by atoms with Gasteiger partial charge in [-0.05, 0) is 37.0 Å². The van der Waals surface area contributed by atoms with Crippen molar-refractivity contribution < 1.29 is 18.3 Å². The van der Waals surface area contributed by atoms with Crippen LogP contribution in [0.25, 0.3) is 0 Å². The van der Waals surface area contributed by atoms with Crippen LogP contribution in [-0.2, 0) is 10.0 Å². The van der Waals surface area contributed by atoms with Crippen LogP contribution in [0.2, 0.25) is 0 Å². The highest BCUT2D eigenvalue weighted by Crippen LogP contribution is 2.35. The number of hydrogen-bond donors (Lipinski definition) is 2. The third-order valence-corrected chi connectivity index (χ3v) is 4.30. The molecule has 1 fully saturated rings. The Hall–Kier alpha value is -1.60. The lowest BCUT2D eigenvalue weighted by Gasteiger charge is -2.28. The number of carboxylic acid groups (broad SMARTS) is 1. The van der Waals surface area contributed by atoms with Crippen molar-refractivity contribution in [3.8, 4) is 0 Å². The van der Waals surface area contributed by atoms with E-state index >= 15 is 0 Å². The Morgan fingerprint density at radius 1 is 1.43 bits per heavy atom. The molecule has 0 unspecified atom stereocenters. The Labute approximate surface area is 124 Å². The van der Waals surface area contributed by atoms with Crippen LogP contribution < -0.4 is 10.0 Å². The van der Waals surface area contributed by atoms with Crippen LogP contribution in [0.1, 0.15) is 37.0 Å². The van der Waals surface area contributed by atoms with Crippen LogP contribution in [-0.4, -0.2) is 32.1 Å². The molecule has 1 aromatic rings. The standard InChI is InChI=1S/C14H20N2O4S/c1-9(2)8-16(10-3-4-10)13-6-5-11(21(15,19)20)7-12(13)14(17)18/h5-7,9-10H,3-4,8H2,1-2H3,(H,17,18)(H2,15,19,20). The predicted octanol–water partition coefficient (Wildman–Crippen LogP) is 1.66. The van der Waals surface area contributed by atoms with Crippen molar-refractivity contribution in [2.75, 3.05) is 11.4 Å². The highest BCUT2D eigenvalue weighted by Gasteiger charge is 2.32. The summed E-state index contributed by atoms with van der Waals surface area (Å²) >= 11 is 0. The fourth-order valence-corrected chi connectivity index (χ4v) is 2.88. The maximum absolute atomic E-state index is 11.5. The van der Waals surface area contributed by atoms with Gasteiger partial charge in [0, 0.05) is 12.6 Å². The molecule has 6 nitrogen and oxygen atoms in total. The number of nitrogens with zero attached hydrogens (tertiary/aromatic N) is 1. The third-order valence-electron chi connectivity index (χ3n) is 3.39. The van der Waals surface area contributed by atoms with Gasteiger partial charge in [-0.15, -0.1) is 0 Å². The van der Waals surface area contributed by atoms with Gasteiger partial charge in [-0.2, -0.15) is 0 Å². The van der Waals surface area contributed by atoms with Crippen molar-refractivity contribution in [2.45, 2.75) is 37.6 Å². The molecule has 0 aliphatic heterocycles. The Kier molecular flexibility index (Phi) is 4.25. The first kappa shape index (κ1) is 15.8. The van der Waals surface area contributed by atoms with Gasteiger partial charge < -0.3 is 10.0 Å². The maximum Gasteiger partial charge on any atom is 0.337 e. The third kappa shape index (κ3) is 3.74. The first-order valence-corrected chi connectivity index (χ1v) is 8.41. The van der Waals surface area contributed by atoms with E-state index in [0.717, 1.165) is 25.5 Å². The van der Waals surface area contributed by atoms with Crippen LogP contribution >= 0.6 is 0 Å².